The summed E-state index contributed by atoms with van der Waals surface area (Å²) in [6.07, 6.45) is 0.805. The van der Waals surface area contributed by atoms with Gasteiger partial charge in [-0.3, -0.25) is 4.79 Å². The molecule has 1 atom stereocenters. The van der Waals surface area contributed by atoms with Crippen molar-refractivity contribution < 1.29 is 14.1 Å². The smallest absolute Gasteiger partial charge is 0.401 e. The molecule has 5 nitrogen and oxygen atoms in total. The molecule has 0 aromatic heterocycles. The molecule has 21 heavy (non-hydrogen) atoms. The second-order valence-electron chi connectivity index (χ2n) is 6.74. The molecule has 114 valence electrons. The van der Waals surface area contributed by atoms with Crippen molar-refractivity contribution in [3.63, 3.8) is 0 Å². The predicted octanol–water partition coefficient (Wildman–Crippen LogP) is 2.22. The van der Waals surface area contributed by atoms with Crippen molar-refractivity contribution >= 4 is 19.1 Å². The summed E-state index contributed by atoms with van der Waals surface area (Å²) >= 11 is 0. The lowest BCUT2D eigenvalue weighted by Gasteiger charge is -2.32. The van der Waals surface area contributed by atoms with E-state index in [9.17, 15) is 4.79 Å². The molecule has 3 N–H and O–H groups in total. The van der Waals surface area contributed by atoms with E-state index in [-0.39, 0.29) is 0 Å². The lowest BCUT2D eigenvalue weighted by molar-refractivity contribution is 0.00578. The normalized spacial score (nSPS) is 22.7. The van der Waals surface area contributed by atoms with Crippen LogP contribution in [0.15, 0.2) is 24.3 Å². The van der Waals surface area contributed by atoms with Gasteiger partial charge in [0.05, 0.1) is 11.2 Å². The molecule has 2 rings (SSSR count). The summed E-state index contributed by atoms with van der Waals surface area (Å²) in [7, 11) is -0.576. The average molecular weight is 290 g/mol. The van der Waals surface area contributed by atoms with Crippen LogP contribution in [0.4, 0.5) is 5.69 Å². The summed E-state index contributed by atoms with van der Waals surface area (Å²) in [5.41, 5.74) is 6.01. The molecule has 1 heterocycles. The van der Waals surface area contributed by atoms with Crippen LogP contribution in [0.25, 0.3) is 0 Å². The van der Waals surface area contributed by atoms with Crippen molar-refractivity contribution in [2.24, 2.45) is 5.73 Å². The predicted molar refractivity (Wildman–Crippen MR) is 84.1 cm³/mol. The van der Waals surface area contributed by atoms with E-state index in [1.165, 1.54) is 0 Å². The van der Waals surface area contributed by atoms with E-state index >= 15 is 0 Å². The first-order valence-electron chi connectivity index (χ1n) is 7.05. The number of aldehydes is 1. The van der Waals surface area contributed by atoms with Gasteiger partial charge >= 0.3 is 7.12 Å². The molecule has 1 saturated heterocycles. The van der Waals surface area contributed by atoms with Crippen LogP contribution < -0.4 is 11.1 Å². The maximum atomic E-state index is 10.7. The van der Waals surface area contributed by atoms with Gasteiger partial charge in [-0.1, -0.05) is 0 Å². The number of carbonyl (C=O) groups excluding carboxylic acids is 1. The van der Waals surface area contributed by atoms with E-state index in [1.807, 2.05) is 34.6 Å². The van der Waals surface area contributed by atoms with Crippen molar-refractivity contribution in [1.82, 2.24) is 0 Å². The molecule has 1 aromatic carbocycles. The van der Waals surface area contributed by atoms with E-state index in [2.05, 4.69) is 5.32 Å². The lowest BCUT2D eigenvalue weighted by atomic mass is 9.73. The van der Waals surface area contributed by atoms with Crippen LogP contribution in [0.2, 0.25) is 0 Å². The summed E-state index contributed by atoms with van der Waals surface area (Å²) in [6, 6.07) is 7.07. The maximum absolute atomic E-state index is 10.7. The number of benzene rings is 1. The quantitative estimate of drug-likeness (QED) is 0.505. The van der Waals surface area contributed by atoms with Crippen LogP contribution in [0, 0.1) is 0 Å². The number of hydrogen-bond donors (Lipinski definition) is 2. The Bertz CT molecular complexity index is 510. The van der Waals surface area contributed by atoms with Crippen molar-refractivity contribution in [3.8, 4) is 0 Å². The SMILES string of the molecule is CC1(C)OB([C@](C)(N)Nc2ccc(C=O)cc2)OC1(C)C. The molecule has 1 fully saturated rings. The van der Waals surface area contributed by atoms with E-state index < -0.39 is 23.9 Å². The van der Waals surface area contributed by atoms with E-state index in [1.54, 1.807) is 24.3 Å². The van der Waals surface area contributed by atoms with Gasteiger partial charge in [-0.25, -0.2) is 0 Å². The van der Waals surface area contributed by atoms with Gasteiger partial charge in [0.15, 0.2) is 0 Å². The van der Waals surface area contributed by atoms with Crippen LogP contribution >= 0.6 is 0 Å². The molecule has 0 unspecified atom stereocenters. The number of nitrogens with one attached hydrogen (secondary N) is 1. The molecule has 0 radical (unpaired) electrons. The maximum Gasteiger partial charge on any atom is 0.500 e. The zero-order chi connectivity index (χ0) is 15.9. The molecule has 0 spiro atoms. The molecule has 0 aliphatic carbocycles. The fourth-order valence-electron chi connectivity index (χ4n) is 2.10. The molecular weight excluding hydrogens is 267 g/mol. The van der Waals surface area contributed by atoms with Crippen LogP contribution in [-0.2, 0) is 9.31 Å². The topological polar surface area (TPSA) is 73.6 Å². The third-order valence-electron chi connectivity index (χ3n) is 4.20. The molecule has 0 saturated carbocycles. The van der Waals surface area contributed by atoms with Gasteiger partial charge in [-0.2, -0.15) is 0 Å². The third kappa shape index (κ3) is 3.12. The van der Waals surface area contributed by atoms with Gasteiger partial charge in [0.1, 0.15) is 11.8 Å². The second kappa shape index (κ2) is 5.12. The van der Waals surface area contributed by atoms with E-state index in [0.717, 1.165) is 12.0 Å². The Hall–Kier alpha value is -1.37. The summed E-state index contributed by atoms with van der Waals surface area (Å²) in [5, 5.41) is 3.20. The Morgan fingerprint density at radius 2 is 1.62 bits per heavy atom. The minimum absolute atomic E-state index is 0.429. The van der Waals surface area contributed by atoms with Gasteiger partial charge in [-0.15, -0.1) is 0 Å². The van der Waals surface area contributed by atoms with Crippen molar-refractivity contribution in [1.29, 1.82) is 0 Å². The molecular formula is C15H23BN2O3. The second-order valence-corrected chi connectivity index (χ2v) is 6.74. The van der Waals surface area contributed by atoms with Crippen LogP contribution in [-0.4, -0.2) is 30.2 Å². The monoisotopic (exact) mass is 290 g/mol. The zero-order valence-electron chi connectivity index (χ0n) is 13.3. The highest BCUT2D eigenvalue weighted by atomic mass is 16.7. The standard InChI is InChI=1S/C15H23BN2O3/c1-13(2)14(3,4)21-16(20-13)15(5,17)18-12-8-6-11(10-19)7-9-12/h6-10,18H,17H2,1-5H3/t15-/m1/s1. The van der Waals surface area contributed by atoms with Gasteiger partial charge in [-0.05, 0) is 58.9 Å². The molecule has 1 aromatic rings. The van der Waals surface area contributed by atoms with Crippen LogP contribution in [0.1, 0.15) is 45.0 Å². The minimum Gasteiger partial charge on any atom is -0.401 e. The van der Waals surface area contributed by atoms with E-state index in [4.69, 9.17) is 15.0 Å². The highest BCUT2D eigenvalue weighted by Gasteiger charge is 2.57. The number of rotatable bonds is 4. The molecule has 6 heteroatoms. The minimum atomic E-state index is -0.895. The first kappa shape index (κ1) is 16.0. The van der Waals surface area contributed by atoms with Crippen LogP contribution in [0.5, 0.6) is 0 Å². The average Bonchev–Trinajstić information content (AvgIpc) is 2.60. The first-order valence-corrected chi connectivity index (χ1v) is 7.05. The zero-order valence-corrected chi connectivity index (χ0v) is 13.3. The van der Waals surface area contributed by atoms with Gasteiger partial charge in [0, 0.05) is 11.3 Å². The first-order chi connectivity index (χ1) is 9.57. The van der Waals surface area contributed by atoms with Gasteiger partial charge in [0.2, 0.25) is 0 Å². The fourth-order valence-corrected chi connectivity index (χ4v) is 2.10. The summed E-state index contributed by atoms with van der Waals surface area (Å²) in [4.78, 5) is 10.7. The van der Waals surface area contributed by atoms with Crippen molar-refractivity contribution in [2.45, 2.75) is 51.4 Å². The van der Waals surface area contributed by atoms with Crippen LogP contribution in [0.3, 0.4) is 0 Å². The number of carbonyl (C=O) groups is 1. The highest BCUT2D eigenvalue weighted by Crippen LogP contribution is 2.39. The Kier molecular flexibility index (Phi) is 3.91. The largest absolute Gasteiger partial charge is 0.500 e. The molecule has 0 amide bonds. The summed E-state index contributed by atoms with van der Waals surface area (Å²) < 4.78 is 12.0. The number of hydrogen-bond acceptors (Lipinski definition) is 5. The Morgan fingerprint density at radius 1 is 1.14 bits per heavy atom. The van der Waals surface area contributed by atoms with E-state index in [0.29, 0.717) is 5.56 Å². The summed E-state index contributed by atoms with van der Waals surface area (Å²) in [6.45, 7) is 9.77. The van der Waals surface area contributed by atoms with Gasteiger partial charge < -0.3 is 20.4 Å². The van der Waals surface area contributed by atoms with Crippen molar-refractivity contribution in [3.05, 3.63) is 29.8 Å². The highest BCUT2D eigenvalue weighted by molar-refractivity contribution is 6.50. The molecule has 0 bridgehead atoms. The lowest BCUT2D eigenvalue weighted by Crippen LogP contribution is -2.59. The number of nitrogens with two attached hydrogens (primary N) is 1. The van der Waals surface area contributed by atoms with Gasteiger partial charge in [0.25, 0.3) is 0 Å². The summed E-state index contributed by atoms with van der Waals surface area (Å²) in [5.74, 6) is 0. The Labute approximate surface area is 126 Å². The molecule has 1 aliphatic rings. The Morgan fingerprint density at radius 3 is 2.05 bits per heavy atom. The molecule has 1 aliphatic heterocycles. The van der Waals surface area contributed by atoms with Crippen molar-refractivity contribution in [2.75, 3.05) is 5.32 Å². The number of anilines is 1. The Balaban J connectivity index is 2.13. The third-order valence-corrected chi connectivity index (χ3v) is 4.20. The fraction of sp³-hybridized carbons (Fsp3) is 0.533.